The second-order valence-corrected chi connectivity index (χ2v) is 7.31. The van der Waals surface area contributed by atoms with Gasteiger partial charge in [-0.25, -0.2) is 0 Å². The minimum absolute atomic E-state index is 0.0646. The number of nitrogens with zero attached hydrogens (tertiary/aromatic N) is 1. The van der Waals surface area contributed by atoms with Crippen LogP contribution in [0.15, 0.2) is 64.1 Å². The monoisotopic (exact) mass is 397 g/mol. The van der Waals surface area contributed by atoms with Crippen LogP contribution in [0.4, 0.5) is 0 Å². The van der Waals surface area contributed by atoms with E-state index in [9.17, 15) is 8.42 Å². The van der Waals surface area contributed by atoms with Gasteiger partial charge in [0.25, 0.3) is 0 Å². The topological polar surface area (TPSA) is 56.3 Å². The van der Waals surface area contributed by atoms with Crippen molar-refractivity contribution in [1.29, 1.82) is 0 Å². The number of pyridine rings is 1. The molecule has 1 aromatic heterocycles. The molecule has 0 unspecified atom stereocenters. The summed E-state index contributed by atoms with van der Waals surface area (Å²) in [5.41, 5.74) is 0.399. The molecule has 0 atom stereocenters. The molecule has 0 aliphatic rings. The van der Waals surface area contributed by atoms with E-state index in [1.165, 1.54) is 18.2 Å². The molecule has 1 heterocycles. The Bertz CT molecular complexity index is 943. The van der Waals surface area contributed by atoms with E-state index in [-0.39, 0.29) is 10.6 Å². The third-order valence-electron chi connectivity index (χ3n) is 2.98. The SMILES string of the molecule is O=S(=O)(Oc1ccc(Cl)c2cccnc12)c1ccc(Br)cc1. The average molecular weight is 399 g/mol. The van der Waals surface area contributed by atoms with Crippen LogP contribution in [0.2, 0.25) is 5.02 Å². The molecule has 0 saturated carbocycles. The average Bonchev–Trinajstić information content (AvgIpc) is 2.51. The van der Waals surface area contributed by atoms with Gasteiger partial charge in [-0.15, -0.1) is 0 Å². The molecule has 3 rings (SSSR count). The molecule has 0 saturated heterocycles. The molecule has 0 aliphatic carbocycles. The molecule has 0 fully saturated rings. The zero-order chi connectivity index (χ0) is 15.7. The van der Waals surface area contributed by atoms with Crippen LogP contribution in [-0.2, 0) is 10.1 Å². The van der Waals surface area contributed by atoms with Crippen molar-refractivity contribution in [3.63, 3.8) is 0 Å². The lowest BCUT2D eigenvalue weighted by Crippen LogP contribution is -2.10. The van der Waals surface area contributed by atoms with E-state index < -0.39 is 10.1 Å². The second kappa shape index (κ2) is 5.87. The molecule has 2 aromatic carbocycles. The van der Waals surface area contributed by atoms with Crippen LogP contribution in [0.1, 0.15) is 0 Å². The van der Waals surface area contributed by atoms with Gasteiger partial charge in [0.15, 0.2) is 5.75 Å². The molecule has 0 bridgehead atoms. The van der Waals surface area contributed by atoms with Gasteiger partial charge in [-0.2, -0.15) is 8.42 Å². The van der Waals surface area contributed by atoms with Crippen LogP contribution in [0, 0.1) is 0 Å². The summed E-state index contributed by atoms with van der Waals surface area (Å²) in [4.78, 5) is 4.22. The predicted molar refractivity (Wildman–Crippen MR) is 88.7 cm³/mol. The van der Waals surface area contributed by atoms with E-state index >= 15 is 0 Å². The first kappa shape index (κ1) is 15.3. The highest BCUT2D eigenvalue weighted by atomic mass is 79.9. The van der Waals surface area contributed by atoms with Crippen molar-refractivity contribution in [3.8, 4) is 5.75 Å². The Morgan fingerprint density at radius 3 is 2.50 bits per heavy atom. The zero-order valence-corrected chi connectivity index (χ0v) is 14.2. The molecule has 3 aromatic rings. The van der Waals surface area contributed by atoms with Crippen LogP contribution >= 0.6 is 27.5 Å². The predicted octanol–water partition coefficient (Wildman–Crippen LogP) is 4.42. The van der Waals surface area contributed by atoms with Crippen molar-refractivity contribution in [1.82, 2.24) is 4.98 Å². The number of aromatic nitrogens is 1. The Balaban J connectivity index is 2.06. The lowest BCUT2D eigenvalue weighted by molar-refractivity contribution is 0.488. The van der Waals surface area contributed by atoms with Crippen LogP contribution < -0.4 is 4.18 Å². The highest BCUT2D eigenvalue weighted by Crippen LogP contribution is 2.31. The fourth-order valence-electron chi connectivity index (χ4n) is 1.95. The van der Waals surface area contributed by atoms with E-state index in [4.69, 9.17) is 15.8 Å². The molecule has 0 spiro atoms. The summed E-state index contributed by atoms with van der Waals surface area (Å²) in [6, 6.07) is 12.7. The van der Waals surface area contributed by atoms with Crippen molar-refractivity contribution in [2.75, 3.05) is 0 Å². The molecule has 0 radical (unpaired) electrons. The molecule has 0 amide bonds. The third kappa shape index (κ3) is 2.95. The Hall–Kier alpha value is -1.63. The number of hydrogen-bond acceptors (Lipinski definition) is 4. The van der Waals surface area contributed by atoms with E-state index in [0.29, 0.717) is 15.9 Å². The normalized spacial score (nSPS) is 11.5. The van der Waals surface area contributed by atoms with Crippen LogP contribution in [0.5, 0.6) is 5.75 Å². The van der Waals surface area contributed by atoms with Crippen molar-refractivity contribution in [2.24, 2.45) is 0 Å². The quantitative estimate of drug-likeness (QED) is 0.613. The molecule has 0 N–H and O–H groups in total. The number of rotatable bonds is 3. The first-order valence-electron chi connectivity index (χ1n) is 6.21. The highest BCUT2D eigenvalue weighted by molar-refractivity contribution is 9.10. The maximum atomic E-state index is 12.3. The summed E-state index contributed by atoms with van der Waals surface area (Å²) in [7, 11) is -3.94. The number of fused-ring (bicyclic) bond motifs is 1. The fourth-order valence-corrected chi connectivity index (χ4v) is 3.36. The molecular formula is C15H9BrClNO3S. The molecule has 22 heavy (non-hydrogen) atoms. The molecule has 0 aliphatic heterocycles. The maximum absolute atomic E-state index is 12.3. The van der Waals surface area contributed by atoms with Gasteiger partial charge in [0.2, 0.25) is 0 Å². The molecule has 7 heteroatoms. The zero-order valence-electron chi connectivity index (χ0n) is 11.0. The van der Waals surface area contributed by atoms with Gasteiger partial charge in [0.1, 0.15) is 10.4 Å². The van der Waals surface area contributed by atoms with Crippen molar-refractivity contribution in [2.45, 2.75) is 4.90 Å². The van der Waals surface area contributed by atoms with Gasteiger partial charge in [-0.3, -0.25) is 4.98 Å². The maximum Gasteiger partial charge on any atom is 0.339 e. The van der Waals surface area contributed by atoms with Crippen molar-refractivity contribution in [3.05, 3.63) is 64.2 Å². The summed E-state index contributed by atoms with van der Waals surface area (Å²) >= 11 is 9.34. The third-order valence-corrected chi connectivity index (χ3v) is 5.09. The van der Waals surface area contributed by atoms with Crippen LogP contribution in [0.25, 0.3) is 10.9 Å². The Labute approximate surface area is 141 Å². The lowest BCUT2D eigenvalue weighted by atomic mass is 10.2. The Morgan fingerprint density at radius 1 is 1.05 bits per heavy atom. The Kier molecular flexibility index (Phi) is 4.08. The number of benzene rings is 2. The fraction of sp³-hybridized carbons (Fsp3) is 0. The van der Waals surface area contributed by atoms with Gasteiger partial charge in [0.05, 0.1) is 5.02 Å². The summed E-state index contributed by atoms with van der Waals surface area (Å²) in [6.07, 6.45) is 1.55. The smallest absolute Gasteiger partial charge is 0.339 e. The second-order valence-electron chi connectivity index (χ2n) is 4.44. The minimum atomic E-state index is -3.94. The molecule has 112 valence electrons. The first-order chi connectivity index (χ1) is 10.5. The van der Waals surface area contributed by atoms with Crippen molar-refractivity contribution >= 4 is 48.6 Å². The van der Waals surface area contributed by atoms with Crippen LogP contribution in [0.3, 0.4) is 0 Å². The Morgan fingerprint density at radius 2 is 1.77 bits per heavy atom. The summed E-state index contributed by atoms with van der Waals surface area (Å²) in [6.45, 7) is 0. The number of halogens is 2. The first-order valence-corrected chi connectivity index (χ1v) is 8.78. The van der Waals surface area contributed by atoms with Gasteiger partial charge >= 0.3 is 10.1 Å². The standard InChI is InChI=1S/C15H9BrClNO3S/c16-10-3-5-11(6-4-10)22(19,20)21-14-8-7-13(17)12-2-1-9-18-15(12)14/h1-9H. The minimum Gasteiger partial charge on any atom is -0.377 e. The van der Waals surface area contributed by atoms with Crippen LogP contribution in [-0.4, -0.2) is 13.4 Å². The van der Waals surface area contributed by atoms with Gasteiger partial charge < -0.3 is 4.18 Å². The molecular weight excluding hydrogens is 390 g/mol. The lowest BCUT2D eigenvalue weighted by Gasteiger charge is -2.09. The summed E-state index contributed by atoms with van der Waals surface area (Å²) < 4.78 is 30.7. The van der Waals surface area contributed by atoms with Gasteiger partial charge in [0, 0.05) is 16.1 Å². The summed E-state index contributed by atoms with van der Waals surface area (Å²) in [5.74, 6) is 0.142. The van der Waals surface area contributed by atoms with Gasteiger partial charge in [-0.1, -0.05) is 27.5 Å². The molecule has 4 nitrogen and oxygen atoms in total. The van der Waals surface area contributed by atoms with E-state index in [1.807, 2.05) is 0 Å². The van der Waals surface area contributed by atoms with E-state index in [0.717, 1.165) is 4.47 Å². The van der Waals surface area contributed by atoms with Gasteiger partial charge in [-0.05, 0) is 48.5 Å². The number of hydrogen-bond donors (Lipinski definition) is 0. The summed E-state index contributed by atoms with van der Waals surface area (Å²) in [5, 5.41) is 1.11. The van der Waals surface area contributed by atoms with E-state index in [2.05, 4.69) is 20.9 Å². The van der Waals surface area contributed by atoms with E-state index in [1.54, 1.807) is 36.5 Å². The highest BCUT2D eigenvalue weighted by Gasteiger charge is 2.19. The largest absolute Gasteiger partial charge is 0.377 e. The van der Waals surface area contributed by atoms with Crippen molar-refractivity contribution < 1.29 is 12.6 Å².